The molecule has 0 aliphatic heterocycles. The van der Waals surface area contributed by atoms with E-state index in [0.29, 0.717) is 11.7 Å². The third kappa shape index (κ3) is 9.41. The van der Waals surface area contributed by atoms with Gasteiger partial charge >= 0.3 is 0 Å². The van der Waals surface area contributed by atoms with Crippen LogP contribution in [0.5, 0.6) is 0 Å². The molecule has 1 atom stereocenters. The molecule has 0 rings (SSSR count). The predicted octanol–water partition coefficient (Wildman–Crippen LogP) is 2.12. The molecule has 0 saturated heterocycles. The molecule has 0 fully saturated rings. The Morgan fingerprint density at radius 1 is 1.67 bits per heavy atom. The van der Waals surface area contributed by atoms with Crippen LogP contribution in [0.2, 0.25) is 0 Å². The fourth-order valence-corrected chi connectivity index (χ4v) is 1.73. The first-order chi connectivity index (χ1) is 7.20. The van der Waals surface area contributed by atoms with Crippen LogP contribution in [0.1, 0.15) is 20.3 Å². The Morgan fingerprint density at radius 2 is 2.40 bits per heavy atom. The second-order valence-corrected chi connectivity index (χ2v) is 4.37. The van der Waals surface area contributed by atoms with E-state index in [4.69, 9.17) is 5.73 Å². The van der Waals surface area contributed by atoms with Gasteiger partial charge in [0.15, 0.2) is 0 Å². The van der Waals surface area contributed by atoms with Gasteiger partial charge in [0, 0.05) is 18.2 Å². The first kappa shape index (κ1) is 14.1. The molecule has 86 valence electrons. The van der Waals surface area contributed by atoms with Crippen LogP contribution in [0.4, 0.5) is 0 Å². The lowest BCUT2D eigenvalue weighted by Crippen LogP contribution is -2.08. The molecule has 4 heteroatoms. The van der Waals surface area contributed by atoms with Gasteiger partial charge in [-0.2, -0.15) is 11.8 Å². The summed E-state index contributed by atoms with van der Waals surface area (Å²) >= 11 is 1.93. The Balaban J connectivity index is 3.78. The summed E-state index contributed by atoms with van der Waals surface area (Å²) in [6.07, 6.45) is 6.14. The van der Waals surface area contributed by atoms with Gasteiger partial charge in [0.2, 0.25) is 0 Å². The Bertz CT molecular complexity index is 224. The van der Waals surface area contributed by atoms with Gasteiger partial charge in [0.05, 0.1) is 11.7 Å². The van der Waals surface area contributed by atoms with E-state index in [1.807, 2.05) is 11.8 Å². The number of allylic oxidation sites excluding steroid dienone is 1. The zero-order valence-electron chi connectivity index (χ0n) is 9.57. The number of nitrogens with one attached hydrogen (secondary N) is 1. The molecule has 3 N–H and O–H groups in total. The van der Waals surface area contributed by atoms with E-state index in [1.54, 1.807) is 18.6 Å². The molecule has 0 heterocycles. The highest BCUT2D eigenvalue weighted by atomic mass is 32.2. The molecule has 0 saturated carbocycles. The van der Waals surface area contributed by atoms with Crippen molar-refractivity contribution in [3.8, 4) is 0 Å². The van der Waals surface area contributed by atoms with Crippen LogP contribution < -0.4 is 11.1 Å². The summed E-state index contributed by atoms with van der Waals surface area (Å²) in [6, 6.07) is 0.317. The summed E-state index contributed by atoms with van der Waals surface area (Å²) in [5.74, 6) is 2.25. The van der Waals surface area contributed by atoms with Crippen LogP contribution in [0.15, 0.2) is 29.7 Å². The van der Waals surface area contributed by atoms with E-state index >= 15 is 0 Å². The minimum absolute atomic E-state index is 0.317. The highest BCUT2D eigenvalue weighted by molar-refractivity contribution is 7.99. The second kappa shape index (κ2) is 9.65. The number of aliphatic imine (C=N–C) groups is 1. The van der Waals surface area contributed by atoms with Gasteiger partial charge in [0.1, 0.15) is 0 Å². The van der Waals surface area contributed by atoms with Crippen molar-refractivity contribution in [3.05, 3.63) is 24.7 Å². The Morgan fingerprint density at radius 3 is 3.00 bits per heavy atom. The minimum Gasteiger partial charge on any atom is -0.396 e. The number of rotatable bonds is 8. The molecular formula is C11H21N3S. The van der Waals surface area contributed by atoms with Gasteiger partial charge in [0.25, 0.3) is 0 Å². The lowest BCUT2D eigenvalue weighted by atomic mass is 10.4. The topological polar surface area (TPSA) is 50.4 Å². The first-order valence-electron chi connectivity index (χ1n) is 5.14. The van der Waals surface area contributed by atoms with Crippen LogP contribution in [-0.2, 0) is 0 Å². The molecule has 3 nitrogen and oxygen atoms in total. The van der Waals surface area contributed by atoms with Crippen LogP contribution >= 0.6 is 11.8 Å². The van der Waals surface area contributed by atoms with Gasteiger partial charge in [-0.1, -0.05) is 13.5 Å². The maximum atomic E-state index is 5.66. The van der Waals surface area contributed by atoms with Crippen molar-refractivity contribution in [1.29, 1.82) is 0 Å². The normalized spacial score (nSPS) is 14.1. The van der Waals surface area contributed by atoms with Crippen molar-refractivity contribution in [2.45, 2.75) is 26.3 Å². The highest BCUT2D eigenvalue weighted by Gasteiger charge is 1.97. The lowest BCUT2D eigenvalue weighted by Gasteiger charge is -2.04. The lowest BCUT2D eigenvalue weighted by molar-refractivity contribution is 0.852. The average Bonchev–Trinajstić information content (AvgIpc) is 2.24. The van der Waals surface area contributed by atoms with E-state index in [-0.39, 0.29) is 0 Å². The van der Waals surface area contributed by atoms with Gasteiger partial charge in [-0.05, 0) is 25.3 Å². The standard InChI is InChI=1S/C11H21N3S/c1-4-6-15-9-10(3)14-8-11(12)7-13-5-2/h5,7-8,10,13H,2,4,6,9,12H2,1,3H3/b11-7+,14-8-. The third-order valence-electron chi connectivity index (χ3n) is 1.55. The maximum absolute atomic E-state index is 5.66. The Kier molecular flexibility index (Phi) is 9.07. The average molecular weight is 227 g/mol. The van der Waals surface area contributed by atoms with Crippen LogP contribution in [0.25, 0.3) is 0 Å². The molecule has 1 unspecified atom stereocenters. The van der Waals surface area contributed by atoms with Crippen molar-refractivity contribution in [3.63, 3.8) is 0 Å². The number of hydrogen-bond donors (Lipinski definition) is 2. The van der Waals surface area contributed by atoms with E-state index in [1.165, 1.54) is 12.2 Å². The molecule has 0 radical (unpaired) electrons. The van der Waals surface area contributed by atoms with E-state index in [0.717, 1.165) is 5.75 Å². The highest BCUT2D eigenvalue weighted by Crippen LogP contribution is 2.06. The molecular weight excluding hydrogens is 206 g/mol. The minimum atomic E-state index is 0.317. The summed E-state index contributed by atoms with van der Waals surface area (Å²) < 4.78 is 0. The van der Waals surface area contributed by atoms with Crippen LogP contribution in [0, 0.1) is 0 Å². The van der Waals surface area contributed by atoms with Crippen LogP contribution in [0.3, 0.4) is 0 Å². The molecule has 0 aliphatic rings. The molecule has 0 aliphatic carbocycles. The zero-order valence-corrected chi connectivity index (χ0v) is 10.4. The third-order valence-corrected chi connectivity index (χ3v) is 2.97. The van der Waals surface area contributed by atoms with Crippen molar-refractivity contribution >= 4 is 18.0 Å². The fraction of sp³-hybridized carbons (Fsp3) is 0.545. The van der Waals surface area contributed by atoms with Crippen molar-refractivity contribution in [1.82, 2.24) is 5.32 Å². The summed E-state index contributed by atoms with van der Waals surface area (Å²) in [6.45, 7) is 7.79. The van der Waals surface area contributed by atoms with Crippen molar-refractivity contribution in [2.75, 3.05) is 11.5 Å². The zero-order chi connectivity index (χ0) is 11.5. The second-order valence-electron chi connectivity index (χ2n) is 3.22. The number of hydrogen-bond acceptors (Lipinski definition) is 4. The quantitative estimate of drug-likeness (QED) is 0.493. The van der Waals surface area contributed by atoms with Gasteiger partial charge in [-0.25, -0.2) is 0 Å². The van der Waals surface area contributed by atoms with Gasteiger partial charge in [-0.3, -0.25) is 4.99 Å². The maximum Gasteiger partial charge on any atom is 0.0658 e. The molecule has 15 heavy (non-hydrogen) atoms. The summed E-state index contributed by atoms with van der Waals surface area (Å²) in [7, 11) is 0. The number of nitrogens with zero attached hydrogens (tertiary/aromatic N) is 1. The predicted molar refractivity (Wildman–Crippen MR) is 71.2 cm³/mol. The summed E-state index contributed by atoms with van der Waals surface area (Å²) in [4.78, 5) is 4.34. The van der Waals surface area contributed by atoms with Gasteiger partial charge in [-0.15, -0.1) is 0 Å². The molecule has 0 spiro atoms. The largest absolute Gasteiger partial charge is 0.396 e. The van der Waals surface area contributed by atoms with E-state index in [9.17, 15) is 0 Å². The van der Waals surface area contributed by atoms with Gasteiger partial charge < -0.3 is 11.1 Å². The van der Waals surface area contributed by atoms with Crippen molar-refractivity contribution < 1.29 is 0 Å². The van der Waals surface area contributed by atoms with Crippen molar-refractivity contribution in [2.24, 2.45) is 10.7 Å². The molecule has 0 aromatic carbocycles. The number of thioether (sulfide) groups is 1. The molecule has 0 amide bonds. The SMILES string of the molecule is C=CN/C=C(N)\C=N/C(C)CSCCC. The molecule has 0 bridgehead atoms. The molecule has 0 aromatic rings. The summed E-state index contributed by atoms with van der Waals surface area (Å²) in [5, 5.41) is 2.80. The van der Waals surface area contributed by atoms with E-state index in [2.05, 4.69) is 30.7 Å². The number of nitrogens with two attached hydrogens (primary N) is 1. The monoisotopic (exact) mass is 227 g/mol. The van der Waals surface area contributed by atoms with Crippen LogP contribution in [-0.4, -0.2) is 23.8 Å². The smallest absolute Gasteiger partial charge is 0.0658 e. The van der Waals surface area contributed by atoms with E-state index < -0.39 is 0 Å². The molecule has 0 aromatic heterocycles. The fourth-order valence-electron chi connectivity index (χ4n) is 0.847. The Hall–Kier alpha value is -0.900. The Labute approximate surface area is 96.9 Å². The first-order valence-corrected chi connectivity index (χ1v) is 6.29. The summed E-state index contributed by atoms with van der Waals surface area (Å²) in [5.41, 5.74) is 6.27.